The van der Waals surface area contributed by atoms with Crippen LogP contribution < -0.4 is 5.32 Å². The Bertz CT molecular complexity index is 646. The van der Waals surface area contributed by atoms with Crippen molar-refractivity contribution < 1.29 is 13.6 Å². The highest BCUT2D eigenvalue weighted by Crippen LogP contribution is 2.13. The molecule has 2 aromatic rings. The minimum Gasteiger partial charge on any atom is -0.306 e. The molecule has 0 atom stereocenters. The van der Waals surface area contributed by atoms with E-state index in [1.165, 1.54) is 6.20 Å². The predicted molar refractivity (Wildman–Crippen MR) is 55.4 cm³/mol. The maximum atomic E-state index is 13.3. The maximum absolute atomic E-state index is 13.3. The lowest BCUT2D eigenvalue weighted by molar-refractivity contribution is 0.102. The molecule has 18 heavy (non-hydrogen) atoms. The van der Waals surface area contributed by atoms with Crippen LogP contribution in [0.1, 0.15) is 15.9 Å². The van der Waals surface area contributed by atoms with Gasteiger partial charge in [0.2, 0.25) is 5.95 Å². The highest BCUT2D eigenvalue weighted by molar-refractivity contribution is 6.04. The number of pyridine rings is 1. The third kappa shape index (κ3) is 2.01. The molecule has 0 spiro atoms. The molecule has 90 valence electrons. The molecule has 0 radical (unpaired) electrons. The Labute approximate surface area is 99.3 Å². The lowest BCUT2D eigenvalue weighted by Crippen LogP contribution is -2.16. The minimum absolute atomic E-state index is 0.0131. The molecule has 0 aliphatic rings. The molecule has 2 rings (SSSR count). The van der Waals surface area contributed by atoms with Crippen molar-refractivity contribution in [3.8, 4) is 6.07 Å². The lowest BCUT2D eigenvalue weighted by Gasteiger charge is -2.04. The van der Waals surface area contributed by atoms with Gasteiger partial charge in [0.25, 0.3) is 5.91 Å². The van der Waals surface area contributed by atoms with Crippen LogP contribution in [-0.2, 0) is 0 Å². The number of hydrogen-bond donors (Lipinski definition) is 2. The zero-order valence-corrected chi connectivity index (χ0v) is 8.74. The molecule has 8 heteroatoms. The molecule has 2 heterocycles. The number of anilines is 1. The first kappa shape index (κ1) is 11.7. The van der Waals surface area contributed by atoms with Gasteiger partial charge in [-0.2, -0.15) is 14.8 Å². The standard InChI is InChI=1S/C10H5F2N5O/c11-7-6(1-2-14-8(7)12)10(18)16-9-5(3-13)4-15-17-9/h1-2,4H,(H2,15,16,17,18). The van der Waals surface area contributed by atoms with Crippen LogP contribution >= 0.6 is 0 Å². The fourth-order valence-electron chi connectivity index (χ4n) is 1.24. The van der Waals surface area contributed by atoms with Crippen LogP contribution in [0, 0.1) is 23.1 Å². The van der Waals surface area contributed by atoms with Gasteiger partial charge in [-0.05, 0) is 6.07 Å². The first-order chi connectivity index (χ1) is 8.63. The molecule has 0 aliphatic carbocycles. The summed E-state index contributed by atoms with van der Waals surface area (Å²) in [6.45, 7) is 0. The van der Waals surface area contributed by atoms with Crippen LogP contribution in [0.5, 0.6) is 0 Å². The van der Waals surface area contributed by atoms with E-state index in [1.807, 2.05) is 0 Å². The van der Waals surface area contributed by atoms with Gasteiger partial charge in [0.1, 0.15) is 17.5 Å². The molecule has 0 fully saturated rings. The molecule has 1 amide bonds. The molecule has 0 aromatic carbocycles. The normalized spacial score (nSPS) is 9.83. The Kier molecular flexibility index (Phi) is 2.97. The number of aromatic nitrogens is 3. The van der Waals surface area contributed by atoms with Crippen LogP contribution in [0.15, 0.2) is 18.5 Å². The third-order valence-corrected chi connectivity index (χ3v) is 2.09. The van der Waals surface area contributed by atoms with Gasteiger partial charge in [0.15, 0.2) is 5.82 Å². The second-order valence-corrected chi connectivity index (χ2v) is 3.19. The zero-order valence-electron chi connectivity index (χ0n) is 8.74. The molecule has 0 unspecified atom stereocenters. The molecule has 2 aromatic heterocycles. The summed E-state index contributed by atoms with van der Waals surface area (Å²) in [7, 11) is 0. The summed E-state index contributed by atoms with van der Waals surface area (Å²) in [5.74, 6) is -3.62. The number of nitrogens with zero attached hydrogens (tertiary/aromatic N) is 3. The molecule has 0 bridgehead atoms. The smallest absolute Gasteiger partial charge is 0.260 e. The van der Waals surface area contributed by atoms with Crippen molar-refractivity contribution in [2.75, 3.05) is 5.32 Å². The van der Waals surface area contributed by atoms with E-state index >= 15 is 0 Å². The van der Waals surface area contributed by atoms with E-state index in [-0.39, 0.29) is 11.4 Å². The van der Waals surface area contributed by atoms with Gasteiger partial charge < -0.3 is 5.32 Å². The first-order valence-electron chi connectivity index (χ1n) is 4.68. The van der Waals surface area contributed by atoms with E-state index in [2.05, 4.69) is 20.5 Å². The number of nitriles is 1. The van der Waals surface area contributed by atoms with Gasteiger partial charge in [-0.25, -0.2) is 9.37 Å². The number of carbonyl (C=O) groups excluding carboxylic acids is 1. The van der Waals surface area contributed by atoms with Crippen LogP contribution in [-0.4, -0.2) is 21.1 Å². The Morgan fingerprint density at radius 3 is 3.00 bits per heavy atom. The summed E-state index contributed by atoms with van der Waals surface area (Å²) in [5.41, 5.74) is -0.431. The molecule has 0 saturated heterocycles. The highest BCUT2D eigenvalue weighted by Gasteiger charge is 2.17. The second-order valence-electron chi connectivity index (χ2n) is 3.19. The fourth-order valence-corrected chi connectivity index (χ4v) is 1.24. The quantitative estimate of drug-likeness (QED) is 0.782. The number of H-pyrrole nitrogens is 1. The molecular formula is C10H5F2N5O. The summed E-state index contributed by atoms with van der Waals surface area (Å²) < 4.78 is 26.1. The van der Waals surface area contributed by atoms with E-state index in [1.54, 1.807) is 6.07 Å². The van der Waals surface area contributed by atoms with Crippen LogP contribution in [0.4, 0.5) is 14.6 Å². The number of hydrogen-bond acceptors (Lipinski definition) is 4. The number of aromatic amines is 1. The molecule has 0 aliphatic heterocycles. The van der Waals surface area contributed by atoms with Crippen molar-refractivity contribution in [1.29, 1.82) is 5.26 Å². The third-order valence-electron chi connectivity index (χ3n) is 2.09. The topological polar surface area (TPSA) is 94.5 Å². The lowest BCUT2D eigenvalue weighted by atomic mass is 10.2. The number of carbonyl (C=O) groups is 1. The van der Waals surface area contributed by atoms with Crippen molar-refractivity contribution in [2.45, 2.75) is 0 Å². The van der Waals surface area contributed by atoms with Crippen molar-refractivity contribution in [3.05, 3.63) is 41.4 Å². The average Bonchev–Trinajstić information content (AvgIpc) is 2.79. The van der Waals surface area contributed by atoms with Gasteiger partial charge in [0.05, 0.1) is 11.8 Å². The molecule has 2 N–H and O–H groups in total. The summed E-state index contributed by atoms with van der Waals surface area (Å²) in [6, 6.07) is 2.79. The summed E-state index contributed by atoms with van der Waals surface area (Å²) in [4.78, 5) is 14.7. The minimum atomic E-state index is -1.37. The highest BCUT2D eigenvalue weighted by atomic mass is 19.2. The van der Waals surface area contributed by atoms with E-state index in [9.17, 15) is 13.6 Å². The van der Waals surface area contributed by atoms with E-state index in [4.69, 9.17) is 5.26 Å². The van der Waals surface area contributed by atoms with Crippen LogP contribution in [0.25, 0.3) is 0 Å². The number of amides is 1. The van der Waals surface area contributed by atoms with E-state index in [0.29, 0.717) is 0 Å². The number of rotatable bonds is 2. The second kappa shape index (κ2) is 4.58. The molecule has 0 saturated carbocycles. The summed E-state index contributed by atoms with van der Waals surface area (Å²) >= 11 is 0. The number of nitrogens with one attached hydrogen (secondary N) is 2. The van der Waals surface area contributed by atoms with Crippen molar-refractivity contribution in [3.63, 3.8) is 0 Å². The zero-order chi connectivity index (χ0) is 13.1. The van der Waals surface area contributed by atoms with E-state index in [0.717, 1.165) is 12.3 Å². The number of halogens is 2. The van der Waals surface area contributed by atoms with Gasteiger partial charge in [0, 0.05) is 6.20 Å². The predicted octanol–water partition coefficient (Wildman–Crippen LogP) is 1.21. The SMILES string of the molecule is N#Cc1cn[nH]c1NC(=O)c1ccnc(F)c1F. The van der Waals surface area contributed by atoms with Crippen molar-refractivity contribution in [2.24, 2.45) is 0 Å². The average molecular weight is 249 g/mol. The largest absolute Gasteiger partial charge is 0.306 e. The first-order valence-corrected chi connectivity index (χ1v) is 4.68. The van der Waals surface area contributed by atoms with Gasteiger partial charge >= 0.3 is 0 Å². The Morgan fingerprint density at radius 1 is 1.50 bits per heavy atom. The summed E-state index contributed by atoms with van der Waals surface area (Å²) in [5, 5.41) is 16.8. The van der Waals surface area contributed by atoms with Crippen molar-refractivity contribution >= 4 is 11.7 Å². The van der Waals surface area contributed by atoms with Crippen LogP contribution in [0.3, 0.4) is 0 Å². The summed E-state index contributed by atoms with van der Waals surface area (Å²) in [6.07, 6.45) is 2.16. The molecule has 6 nitrogen and oxygen atoms in total. The van der Waals surface area contributed by atoms with Gasteiger partial charge in [-0.1, -0.05) is 0 Å². The Hall–Kier alpha value is -2.82. The van der Waals surface area contributed by atoms with Crippen molar-refractivity contribution in [1.82, 2.24) is 15.2 Å². The monoisotopic (exact) mass is 249 g/mol. The van der Waals surface area contributed by atoms with Gasteiger partial charge in [-0.3, -0.25) is 9.89 Å². The molecular weight excluding hydrogens is 244 g/mol. The Balaban J connectivity index is 2.29. The van der Waals surface area contributed by atoms with Crippen LogP contribution in [0.2, 0.25) is 0 Å². The fraction of sp³-hybridized carbons (Fsp3) is 0. The van der Waals surface area contributed by atoms with Gasteiger partial charge in [-0.15, -0.1) is 0 Å². The van der Waals surface area contributed by atoms with E-state index < -0.39 is 23.2 Å². The Morgan fingerprint density at radius 2 is 2.28 bits per heavy atom. The maximum Gasteiger partial charge on any atom is 0.260 e.